The minimum Gasteiger partial charge on any atom is -0.493 e. The Bertz CT molecular complexity index is 1060. The Balaban J connectivity index is 1.37. The largest absolute Gasteiger partial charge is 0.493 e. The van der Waals surface area contributed by atoms with Crippen molar-refractivity contribution in [3.05, 3.63) is 60.4 Å². The van der Waals surface area contributed by atoms with Gasteiger partial charge < -0.3 is 19.5 Å². The maximum Gasteiger partial charge on any atom is 0.280 e. The molecule has 2 aromatic carbocycles. The molecule has 0 radical (unpaired) electrons. The minimum absolute atomic E-state index is 0.210. The van der Waals surface area contributed by atoms with E-state index in [0.29, 0.717) is 17.2 Å². The molecule has 0 atom stereocenters. The first-order valence-corrected chi connectivity index (χ1v) is 9.68. The Morgan fingerprint density at radius 3 is 2.62 bits per heavy atom. The summed E-state index contributed by atoms with van der Waals surface area (Å²) in [5.74, 6) is 0.896. The van der Waals surface area contributed by atoms with Crippen molar-refractivity contribution in [2.75, 3.05) is 12.4 Å². The molecule has 1 N–H and O–H groups in total. The Morgan fingerprint density at radius 2 is 1.86 bits per heavy atom. The summed E-state index contributed by atoms with van der Waals surface area (Å²) in [6.07, 6.45) is 5.66. The van der Waals surface area contributed by atoms with E-state index in [1.807, 2.05) is 36.4 Å². The van der Waals surface area contributed by atoms with Gasteiger partial charge in [0.15, 0.2) is 22.9 Å². The van der Waals surface area contributed by atoms with Crippen LogP contribution in [0.5, 0.6) is 17.2 Å². The zero-order chi connectivity index (χ0) is 19.8. The fraction of sp³-hybridized carbons (Fsp3) is 0.273. The quantitative estimate of drug-likeness (QED) is 0.722. The number of rotatable bonds is 4. The summed E-state index contributed by atoms with van der Waals surface area (Å²) in [5.41, 5.74) is 1.67. The molecule has 1 aliphatic heterocycles. The number of fused-ring (bicyclic) bond motifs is 1. The Morgan fingerprint density at radius 1 is 1.10 bits per heavy atom. The SMILES string of the molecule is COc1cn(-c2ccccc2)nc1C(=O)Nc1ccc2c(c1)OC1(CCCC1)O2. The van der Waals surface area contributed by atoms with Gasteiger partial charge >= 0.3 is 0 Å². The van der Waals surface area contributed by atoms with Crippen LogP contribution in [0.4, 0.5) is 5.69 Å². The fourth-order valence-corrected chi connectivity index (χ4v) is 3.86. The molecule has 7 heteroatoms. The molecule has 1 saturated carbocycles. The van der Waals surface area contributed by atoms with Crippen molar-refractivity contribution in [1.82, 2.24) is 9.78 Å². The number of nitrogens with one attached hydrogen (secondary N) is 1. The standard InChI is InChI=1S/C22H21N3O4/c1-27-19-14-25(16-7-3-2-4-8-16)24-20(19)21(26)23-15-9-10-17-18(13-15)29-22(28-17)11-5-6-12-22/h2-4,7-10,13-14H,5-6,11-12H2,1H3,(H,23,26). The molecule has 7 nitrogen and oxygen atoms in total. The molecule has 29 heavy (non-hydrogen) atoms. The number of amides is 1. The molecule has 1 aliphatic carbocycles. The van der Waals surface area contributed by atoms with Crippen molar-refractivity contribution in [3.63, 3.8) is 0 Å². The average Bonchev–Trinajstić information content (AvgIpc) is 3.46. The summed E-state index contributed by atoms with van der Waals surface area (Å²) in [4.78, 5) is 12.8. The van der Waals surface area contributed by atoms with E-state index in [0.717, 1.165) is 37.1 Å². The van der Waals surface area contributed by atoms with Gasteiger partial charge in [0.05, 0.1) is 19.0 Å². The number of aromatic nitrogens is 2. The summed E-state index contributed by atoms with van der Waals surface area (Å²) in [7, 11) is 1.52. The van der Waals surface area contributed by atoms with Crippen molar-refractivity contribution in [2.45, 2.75) is 31.5 Å². The van der Waals surface area contributed by atoms with Crippen molar-refractivity contribution in [3.8, 4) is 22.9 Å². The number of anilines is 1. The molecule has 1 fully saturated rings. The van der Waals surface area contributed by atoms with Gasteiger partial charge in [-0.05, 0) is 37.1 Å². The molecule has 3 aromatic rings. The van der Waals surface area contributed by atoms with Crippen molar-refractivity contribution < 1.29 is 19.0 Å². The molecular formula is C22H21N3O4. The predicted molar refractivity (Wildman–Crippen MR) is 107 cm³/mol. The maximum absolute atomic E-state index is 12.8. The van der Waals surface area contributed by atoms with Crippen LogP contribution in [0.1, 0.15) is 36.2 Å². The molecule has 2 aliphatic rings. The Hall–Kier alpha value is -3.48. The molecule has 0 bridgehead atoms. The van der Waals surface area contributed by atoms with E-state index in [1.54, 1.807) is 23.0 Å². The van der Waals surface area contributed by atoms with E-state index in [9.17, 15) is 4.79 Å². The van der Waals surface area contributed by atoms with Crippen LogP contribution < -0.4 is 19.5 Å². The van der Waals surface area contributed by atoms with Crippen molar-refractivity contribution in [1.29, 1.82) is 0 Å². The van der Waals surface area contributed by atoms with E-state index in [2.05, 4.69) is 10.4 Å². The van der Waals surface area contributed by atoms with Gasteiger partial charge in [-0.25, -0.2) is 4.68 Å². The van der Waals surface area contributed by atoms with Gasteiger partial charge in [-0.3, -0.25) is 4.79 Å². The third kappa shape index (κ3) is 3.18. The van der Waals surface area contributed by atoms with Crippen molar-refractivity contribution in [2.24, 2.45) is 0 Å². The summed E-state index contributed by atoms with van der Waals surface area (Å²) in [6, 6.07) is 15.0. The van der Waals surface area contributed by atoms with Gasteiger partial charge in [-0.15, -0.1) is 0 Å². The molecule has 1 amide bonds. The number of hydrogen-bond donors (Lipinski definition) is 1. The third-order valence-electron chi connectivity index (χ3n) is 5.30. The Kier molecular flexibility index (Phi) is 4.16. The van der Waals surface area contributed by atoms with Crippen LogP contribution in [0.2, 0.25) is 0 Å². The van der Waals surface area contributed by atoms with Crippen LogP contribution >= 0.6 is 0 Å². The first-order valence-electron chi connectivity index (χ1n) is 9.68. The van der Waals surface area contributed by atoms with Crippen molar-refractivity contribution >= 4 is 11.6 Å². The number of ether oxygens (including phenoxy) is 3. The lowest BCUT2D eigenvalue weighted by atomic mass is 10.2. The van der Waals surface area contributed by atoms with E-state index in [4.69, 9.17) is 14.2 Å². The van der Waals surface area contributed by atoms with Crippen LogP contribution in [-0.4, -0.2) is 28.6 Å². The molecule has 0 saturated heterocycles. The highest BCUT2D eigenvalue weighted by molar-refractivity contribution is 6.04. The second-order valence-corrected chi connectivity index (χ2v) is 7.26. The average molecular weight is 391 g/mol. The highest BCUT2D eigenvalue weighted by Gasteiger charge is 2.44. The monoisotopic (exact) mass is 391 g/mol. The lowest BCUT2D eigenvalue weighted by Crippen LogP contribution is -2.34. The predicted octanol–water partition coefficient (Wildman–Crippen LogP) is 4.17. The fourth-order valence-electron chi connectivity index (χ4n) is 3.86. The maximum atomic E-state index is 12.8. The molecule has 148 valence electrons. The second kappa shape index (κ2) is 6.84. The number of carbonyl (C=O) groups excluding carboxylic acids is 1. The van der Waals surface area contributed by atoms with E-state index < -0.39 is 5.79 Å². The normalized spacial score (nSPS) is 16.2. The Labute approximate surface area is 168 Å². The smallest absolute Gasteiger partial charge is 0.280 e. The molecule has 2 heterocycles. The van der Waals surface area contributed by atoms with Crippen LogP contribution in [0, 0.1) is 0 Å². The minimum atomic E-state index is -0.525. The van der Waals surface area contributed by atoms with Crippen LogP contribution in [-0.2, 0) is 0 Å². The van der Waals surface area contributed by atoms with Crippen LogP contribution in [0.15, 0.2) is 54.7 Å². The lowest BCUT2D eigenvalue weighted by Gasteiger charge is -2.21. The highest BCUT2D eigenvalue weighted by atomic mass is 16.7. The number of carbonyl (C=O) groups is 1. The van der Waals surface area contributed by atoms with Gasteiger partial charge in [-0.2, -0.15) is 5.10 Å². The molecule has 1 spiro atoms. The number of nitrogens with zero attached hydrogens (tertiary/aromatic N) is 2. The zero-order valence-corrected chi connectivity index (χ0v) is 16.1. The highest BCUT2D eigenvalue weighted by Crippen LogP contribution is 2.47. The van der Waals surface area contributed by atoms with Gasteiger partial charge in [0.1, 0.15) is 0 Å². The van der Waals surface area contributed by atoms with Gasteiger partial charge in [0, 0.05) is 24.6 Å². The van der Waals surface area contributed by atoms with E-state index in [1.165, 1.54) is 7.11 Å². The zero-order valence-electron chi connectivity index (χ0n) is 16.1. The summed E-state index contributed by atoms with van der Waals surface area (Å²) in [5, 5.41) is 7.28. The number of benzene rings is 2. The van der Waals surface area contributed by atoms with Crippen LogP contribution in [0.3, 0.4) is 0 Å². The van der Waals surface area contributed by atoms with E-state index >= 15 is 0 Å². The number of hydrogen-bond acceptors (Lipinski definition) is 5. The number of para-hydroxylation sites is 1. The molecule has 1 aromatic heterocycles. The lowest BCUT2D eigenvalue weighted by molar-refractivity contribution is -0.0716. The summed E-state index contributed by atoms with van der Waals surface area (Å²) >= 11 is 0. The first-order chi connectivity index (χ1) is 14.2. The van der Waals surface area contributed by atoms with E-state index in [-0.39, 0.29) is 11.6 Å². The van der Waals surface area contributed by atoms with Crippen LogP contribution in [0.25, 0.3) is 5.69 Å². The van der Waals surface area contributed by atoms with Gasteiger partial charge in [0.25, 0.3) is 11.7 Å². The summed E-state index contributed by atoms with van der Waals surface area (Å²) in [6.45, 7) is 0. The van der Waals surface area contributed by atoms with Gasteiger partial charge in [0.2, 0.25) is 0 Å². The molecule has 0 unspecified atom stereocenters. The molecule has 5 rings (SSSR count). The second-order valence-electron chi connectivity index (χ2n) is 7.26. The first kappa shape index (κ1) is 17.6. The number of methoxy groups -OCH3 is 1. The topological polar surface area (TPSA) is 74.6 Å². The third-order valence-corrected chi connectivity index (χ3v) is 5.30. The van der Waals surface area contributed by atoms with Gasteiger partial charge in [-0.1, -0.05) is 18.2 Å². The molecular weight excluding hydrogens is 370 g/mol. The summed E-state index contributed by atoms with van der Waals surface area (Å²) < 4.78 is 19.1.